The van der Waals surface area contributed by atoms with Crippen LogP contribution in [0.3, 0.4) is 0 Å². The van der Waals surface area contributed by atoms with E-state index in [1.165, 1.54) is 6.21 Å². The number of ether oxygens (including phenoxy) is 2. The highest BCUT2D eigenvalue weighted by atomic mass is 16.7. The van der Waals surface area contributed by atoms with Crippen LogP contribution in [-0.2, 0) is 9.47 Å². The summed E-state index contributed by atoms with van der Waals surface area (Å²) in [7, 11) is 0. The molecule has 0 bridgehead atoms. The van der Waals surface area contributed by atoms with Crippen LogP contribution in [0, 0.1) is 0 Å². The molecule has 1 fully saturated rings. The Bertz CT molecular complexity index is 156. The standard InChI is InChI=1S/C7H13NO3/c1-7(2)10-5-6(11-7)3-4-8-9/h4,6,9H,3,5H2,1-2H3/b8-4+/t6-/m1/s1. The van der Waals surface area contributed by atoms with Crippen molar-refractivity contribution in [2.24, 2.45) is 5.16 Å². The molecule has 0 spiro atoms. The van der Waals surface area contributed by atoms with Crippen molar-refractivity contribution in [3.8, 4) is 0 Å². The molecule has 1 rings (SSSR count). The van der Waals surface area contributed by atoms with Crippen LogP contribution in [0.4, 0.5) is 0 Å². The molecule has 1 N–H and O–H groups in total. The lowest BCUT2D eigenvalue weighted by molar-refractivity contribution is -0.137. The van der Waals surface area contributed by atoms with Gasteiger partial charge in [-0.1, -0.05) is 0 Å². The van der Waals surface area contributed by atoms with Gasteiger partial charge in [0.2, 0.25) is 0 Å². The first-order valence-corrected chi connectivity index (χ1v) is 3.62. The van der Waals surface area contributed by atoms with Crippen molar-refractivity contribution in [2.75, 3.05) is 6.61 Å². The third-order valence-corrected chi connectivity index (χ3v) is 1.52. The summed E-state index contributed by atoms with van der Waals surface area (Å²) in [5.74, 6) is -0.478. The molecule has 0 saturated carbocycles. The molecule has 1 aliphatic heterocycles. The largest absolute Gasteiger partial charge is 0.411 e. The highest BCUT2D eigenvalue weighted by Crippen LogP contribution is 2.23. The first-order chi connectivity index (χ1) is 5.14. The van der Waals surface area contributed by atoms with Gasteiger partial charge in [0, 0.05) is 12.6 Å². The summed E-state index contributed by atoms with van der Waals surface area (Å²) in [5, 5.41) is 11.0. The van der Waals surface area contributed by atoms with E-state index in [1.807, 2.05) is 13.8 Å². The Kier molecular flexibility index (Phi) is 2.46. The lowest BCUT2D eigenvalue weighted by Crippen LogP contribution is -2.21. The van der Waals surface area contributed by atoms with Crippen LogP contribution in [0.2, 0.25) is 0 Å². The van der Waals surface area contributed by atoms with E-state index >= 15 is 0 Å². The highest BCUT2D eigenvalue weighted by molar-refractivity contribution is 5.56. The van der Waals surface area contributed by atoms with Crippen molar-refractivity contribution in [2.45, 2.75) is 32.2 Å². The van der Waals surface area contributed by atoms with Crippen molar-refractivity contribution in [1.82, 2.24) is 0 Å². The van der Waals surface area contributed by atoms with E-state index in [0.29, 0.717) is 13.0 Å². The van der Waals surface area contributed by atoms with E-state index in [-0.39, 0.29) is 6.10 Å². The van der Waals surface area contributed by atoms with Gasteiger partial charge >= 0.3 is 0 Å². The first-order valence-electron chi connectivity index (χ1n) is 3.62. The Hall–Kier alpha value is -0.610. The molecule has 0 aromatic heterocycles. The van der Waals surface area contributed by atoms with E-state index in [4.69, 9.17) is 14.7 Å². The van der Waals surface area contributed by atoms with Crippen LogP contribution in [0.15, 0.2) is 5.16 Å². The third kappa shape index (κ3) is 2.48. The lowest BCUT2D eigenvalue weighted by atomic mass is 10.3. The van der Waals surface area contributed by atoms with E-state index in [0.717, 1.165) is 0 Å². The molecule has 1 saturated heterocycles. The average molecular weight is 159 g/mol. The predicted octanol–water partition coefficient (Wildman–Crippen LogP) is 0.988. The Morgan fingerprint density at radius 2 is 2.45 bits per heavy atom. The molecule has 4 heteroatoms. The van der Waals surface area contributed by atoms with Gasteiger partial charge in [0.25, 0.3) is 0 Å². The van der Waals surface area contributed by atoms with Gasteiger partial charge < -0.3 is 14.7 Å². The quantitative estimate of drug-likeness (QED) is 0.371. The summed E-state index contributed by atoms with van der Waals surface area (Å²) in [4.78, 5) is 0. The number of hydrogen-bond donors (Lipinski definition) is 1. The molecule has 0 aromatic carbocycles. The molecule has 4 nitrogen and oxygen atoms in total. The Balaban J connectivity index is 2.30. The van der Waals surface area contributed by atoms with Crippen LogP contribution < -0.4 is 0 Å². The minimum absolute atomic E-state index is 0.0286. The molecular formula is C7H13NO3. The SMILES string of the molecule is CC1(C)OC[C@@H](C/C=N/O)O1. The number of oxime groups is 1. The van der Waals surface area contributed by atoms with Gasteiger partial charge in [-0.05, 0) is 13.8 Å². The zero-order valence-electron chi connectivity index (χ0n) is 6.78. The maximum absolute atomic E-state index is 8.13. The lowest BCUT2D eigenvalue weighted by Gasteiger charge is -2.16. The Morgan fingerprint density at radius 1 is 1.73 bits per heavy atom. The van der Waals surface area contributed by atoms with Crippen LogP contribution in [0.25, 0.3) is 0 Å². The highest BCUT2D eigenvalue weighted by Gasteiger charge is 2.31. The van der Waals surface area contributed by atoms with Gasteiger partial charge in [-0.15, -0.1) is 5.16 Å². The molecule has 0 radical (unpaired) electrons. The van der Waals surface area contributed by atoms with Gasteiger partial charge in [0.1, 0.15) is 0 Å². The van der Waals surface area contributed by atoms with Gasteiger partial charge in [-0.3, -0.25) is 0 Å². The van der Waals surface area contributed by atoms with Gasteiger partial charge in [-0.2, -0.15) is 0 Å². The number of hydrogen-bond acceptors (Lipinski definition) is 4. The van der Waals surface area contributed by atoms with E-state index in [2.05, 4.69) is 5.16 Å². The van der Waals surface area contributed by atoms with Crippen LogP contribution in [-0.4, -0.2) is 29.9 Å². The second-order valence-electron chi connectivity index (χ2n) is 2.98. The molecule has 11 heavy (non-hydrogen) atoms. The zero-order chi connectivity index (χ0) is 8.32. The Morgan fingerprint density at radius 3 is 2.91 bits per heavy atom. The van der Waals surface area contributed by atoms with Crippen molar-refractivity contribution >= 4 is 6.21 Å². The van der Waals surface area contributed by atoms with E-state index in [9.17, 15) is 0 Å². The minimum Gasteiger partial charge on any atom is -0.411 e. The molecule has 0 aliphatic carbocycles. The van der Waals surface area contributed by atoms with Gasteiger partial charge in [-0.25, -0.2) is 0 Å². The summed E-state index contributed by atoms with van der Waals surface area (Å²) < 4.78 is 10.7. The van der Waals surface area contributed by atoms with Crippen molar-refractivity contribution < 1.29 is 14.7 Å². The molecular weight excluding hydrogens is 146 g/mol. The van der Waals surface area contributed by atoms with Crippen LogP contribution in [0.5, 0.6) is 0 Å². The second kappa shape index (κ2) is 3.19. The van der Waals surface area contributed by atoms with Gasteiger partial charge in [0.15, 0.2) is 5.79 Å². The molecule has 0 aromatic rings. The topological polar surface area (TPSA) is 51.0 Å². The van der Waals surface area contributed by atoms with Crippen molar-refractivity contribution in [3.05, 3.63) is 0 Å². The molecule has 0 amide bonds. The Labute approximate surface area is 65.8 Å². The summed E-state index contributed by atoms with van der Waals surface area (Å²) in [5.41, 5.74) is 0. The first kappa shape index (κ1) is 8.49. The maximum Gasteiger partial charge on any atom is 0.163 e. The minimum atomic E-state index is -0.478. The third-order valence-electron chi connectivity index (χ3n) is 1.52. The maximum atomic E-state index is 8.13. The summed E-state index contributed by atoms with van der Waals surface area (Å²) in [6.45, 7) is 4.30. The van der Waals surface area contributed by atoms with E-state index < -0.39 is 5.79 Å². The molecule has 64 valence electrons. The fourth-order valence-electron chi connectivity index (χ4n) is 1.04. The predicted molar refractivity (Wildman–Crippen MR) is 39.8 cm³/mol. The van der Waals surface area contributed by atoms with Crippen molar-refractivity contribution in [1.29, 1.82) is 0 Å². The smallest absolute Gasteiger partial charge is 0.163 e. The molecule has 0 unspecified atom stereocenters. The van der Waals surface area contributed by atoms with Gasteiger partial charge in [0.05, 0.1) is 12.7 Å². The molecule has 1 atom stereocenters. The number of rotatable bonds is 2. The average Bonchev–Trinajstić information content (AvgIpc) is 2.26. The van der Waals surface area contributed by atoms with Crippen molar-refractivity contribution in [3.63, 3.8) is 0 Å². The van der Waals surface area contributed by atoms with Crippen LogP contribution in [0.1, 0.15) is 20.3 Å². The summed E-state index contributed by atoms with van der Waals surface area (Å²) in [6.07, 6.45) is 2.04. The van der Waals surface area contributed by atoms with Crippen LogP contribution >= 0.6 is 0 Å². The summed E-state index contributed by atoms with van der Waals surface area (Å²) >= 11 is 0. The zero-order valence-corrected chi connectivity index (χ0v) is 6.78. The number of nitrogens with zero attached hydrogens (tertiary/aromatic N) is 1. The summed E-state index contributed by atoms with van der Waals surface area (Å²) in [6, 6.07) is 0. The second-order valence-corrected chi connectivity index (χ2v) is 2.98. The normalized spacial score (nSPS) is 29.8. The fraction of sp³-hybridized carbons (Fsp3) is 0.857. The fourth-order valence-corrected chi connectivity index (χ4v) is 1.04. The monoisotopic (exact) mass is 159 g/mol. The van der Waals surface area contributed by atoms with E-state index in [1.54, 1.807) is 0 Å². The molecule has 1 heterocycles. The molecule has 1 aliphatic rings.